The third kappa shape index (κ3) is 4.88. The maximum absolute atomic E-state index is 4.48. The Morgan fingerprint density at radius 2 is 0.735 bits per heavy atom. The van der Waals surface area contributed by atoms with Gasteiger partial charge in [0.25, 0.3) is 0 Å². The zero-order chi connectivity index (χ0) is 23.3. The van der Waals surface area contributed by atoms with Gasteiger partial charge in [0.05, 0.1) is 22.4 Å². The summed E-state index contributed by atoms with van der Waals surface area (Å²) in [7, 11) is 0. The first kappa shape index (κ1) is 22.3. The van der Waals surface area contributed by atoms with Gasteiger partial charge >= 0.3 is 0 Å². The molecule has 0 amide bonds. The third-order valence-electron chi connectivity index (χ3n) is 5.25. The Kier molecular flexibility index (Phi) is 6.70. The molecule has 0 N–H and O–H groups in total. The van der Waals surface area contributed by atoms with Gasteiger partial charge in [-0.1, -0.05) is 97.1 Å². The van der Waals surface area contributed by atoms with E-state index in [2.05, 4.69) is 76.1 Å². The van der Waals surface area contributed by atoms with Crippen molar-refractivity contribution in [3.05, 3.63) is 119 Å². The molecule has 0 radical (unpaired) electrons. The molecule has 0 atom stereocenters. The van der Waals surface area contributed by atoms with Gasteiger partial charge in [-0.3, -0.25) is 0 Å². The summed E-state index contributed by atoms with van der Waals surface area (Å²) in [5.74, 6) is 0. The topological polar surface area (TPSA) is 51.6 Å². The van der Waals surface area contributed by atoms with Crippen molar-refractivity contribution in [3.63, 3.8) is 0 Å². The summed E-state index contributed by atoms with van der Waals surface area (Å²) in [4.78, 5) is 17.7. The standard InChI is InChI=1S/2C14H9BrN2/c2*15-14-16-12-9-5-4-8-11(12)13(17-14)10-6-2-1-3-7-10/h2*1-9H. The van der Waals surface area contributed by atoms with Gasteiger partial charge in [0.15, 0.2) is 9.47 Å². The highest BCUT2D eigenvalue weighted by atomic mass is 79.9. The predicted octanol–water partition coefficient (Wildman–Crippen LogP) is 8.12. The second-order valence-electron chi connectivity index (χ2n) is 7.45. The summed E-state index contributed by atoms with van der Waals surface area (Å²) in [6.45, 7) is 0. The van der Waals surface area contributed by atoms with E-state index in [1.54, 1.807) is 0 Å². The first-order valence-electron chi connectivity index (χ1n) is 10.6. The van der Waals surface area contributed by atoms with Gasteiger partial charge < -0.3 is 0 Å². The lowest BCUT2D eigenvalue weighted by molar-refractivity contribution is 1.16. The lowest BCUT2D eigenvalue weighted by Gasteiger charge is -2.05. The van der Waals surface area contributed by atoms with E-state index < -0.39 is 0 Å². The fraction of sp³-hybridized carbons (Fsp3) is 0. The van der Waals surface area contributed by atoms with Crippen molar-refractivity contribution in [2.24, 2.45) is 0 Å². The molecule has 6 heteroatoms. The summed E-state index contributed by atoms with van der Waals surface area (Å²) >= 11 is 6.72. The van der Waals surface area contributed by atoms with Crippen molar-refractivity contribution in [2.45, 2.75) is 0 Å². The van der Waals surface area contributed by atoms with Crippen molar-refractivity contribution in [3.8, 4) is 22.5 Å². The van der Waals surface area contributed by atoms with Gasteiger partial charge in [0.1, 0.15) is 0 Å². The highest BCUT2D eigenvalue weighted by Crippen LogP contribution is 2.28. The van der Waals surface area contributed by atoms with E-state index in [1.807, 2.05) is 84.9 Å². The van der Waals surface area contributed by atoms with Gasteiger partial charge in [-0.15, -0.1) is 0 Å². The monoisotopic (exact) mass is 568 g/mol. The first-order valence-corrected chi connectivity index (χ1v) is 12.2. The van der Waals surface area contributed by atoms with Gasteiger partial charge in [-0.05, 0) is 44.0 Å². The van der Waals surface area contributed by atoms with Crippen LogP contribution in [0.1, 0.15) is 0 Å². The van der Waals surface area contributed by atoms with Gasteiger partial charge in [-0.25, -0.2) is 19.9 Å². The van der Waals surface area contributed by atoms with Crippen molar-refractivity contribution in [1.29, 1.82) is 0 Å². The van der Waals surface area contributed by atoms with Crippen LogP contribution in [0, 0.1) is 0 Å². The smallest absolute Gasteiger partial charge is 0.197 e. The van der Waals surface area contributed by atoms with Crippen molar-refractivity contribution < 1.29 is 0 Å². The van der Waals surface area contributed by atoms with E-state index in [4.69, 9.17) is 0 Å². The Bertz CT molecular complexity index is 1450. The molecule has 2 aromatic heterocycles. The van der Waals surface area contributed by atoms with Crippen LogP contribution in [0.25, 0.3) is 44.3 Å². The van der Waals surface area contributed by atoms with Gasteiger partial charge in [0, 0.05) is 21.9 Å². The third-order valence-corrected chi connectivity index (χ3v) is 5.96. The van der Waals surface area contributed by atoms with E-state index >= 15 is 0 Å². The molecular formula is C28H18Br2N4. The van der Waals surface area contributed by atoms with E-state index in [9.17, 15) is 0 Å². The van der Waals surface area contributed by atoms with Gasteiger partial charge in [-0.2, -0.15) is 0 Å². The van der Waals surface area contributed by atoms with E-state index in [1.165, 1.54) is 0 Å². The number of benzene rings is 4. The number of hydrogen-bond acceptors (Lipinski definition) is 4. The number of hydrogen-bond donors (Lipinski definition) is 0. The molecule has 0 aliphatic carbocycles. The SMILES string of the molecule is Brc1nc(-c2ccccc2)c2ccccc2n1.Brc1nc(-c2ccccc2)c2ccccc2n1. The molecule has 6 rings (SSSR count). The number of nitrogens with zero attached hydrogens (tertiary/aromatic N) is 4. The molecule has 164 valence electrons. The predicted molar refractivity (Wildman–Crippen MR) is 145 cm³/mol. The zero-order valence-electron chi connectivity index (χ0n) is 17.9. The average Bonchev–Trinajstić information content (AvgIpc) is 2.89. The second-order valence-corrected chi connectivity index (χ2v) is 8.87. The number of para-hydroxylation sites is 2. The van der Waals surface area contributed by atoms with E-state index in [0.717, 1.165) is 44.3 Å². The molecule has 0 unspecified atom stereocenters. The summed E-state index contributed by atoms with van der Waals surface area (Å²) in [5, 5.41) is 2.14. The second kappa shape index (κ2) is 10.2. The number of fused-ring (bicyclic) bond motifs is 2. The maximum Gasteiger partial charge on any atom is 0.197 e. The number of aromatic nitrogens is 4. The van der Waals surface area contributed by atoms with Crippen LogP contribution in [-0.2, 0) is 0 Å². The molecule has 0 saturated heterocycles. The van der Waals surface area contributed by atoms with Crippen molar-refractivity contribution in [2.75, 3.05) is 0 Å². The maximum atomic E-state index is 4.48. The van der Waals surface area contributed by atoms with Crippen LogP contribution >= 0.6 is 31.9 Å². The van der Waals surface area contributed by atoms with E-state index in [0.29, 0.717) is 9.47 Å². The van der Waals surface area contributed by atoms with Crippen LogP contribution in [0.4, 0.5) is 0 Å². The molecule has 0 spiro atoms. The molecule has 0 fully saturated rings. The molecule has 0 bridgehead atoms. The number of rotatable bonds is 2. The summed E-state index contributed by atoms with van der Waals surface area (Å²) < 4.78 is 1.24. The summed E-state index contributed by atoms with van der Waals surface area (Å²) in [6.07, 6.45) is 0. The quantitative estimate of drug-likeness (QED) is 0.198. The van der Waals surface area contributed by atoms with Gasteiger partial charge in [0.2, 0.25) is 0 Å². The molecule has 34 heavy (non-hydrogen) atoms. The molecule has 2 heterocycles. The fourth-order valence-electron chi connectivity index (χ4n) is 3.73. The van der Waals surface area contributed by atoms with Crippen LogP contribution in [0.5, 0.6) is 0 Å². The normalized spacial score (nSPS) is 10.6. The lowest BCUT2D eigenvalue weighted by atomic mass is 10.1. The lowest BCUT2D eigenvalue weighted by Crippen LogP contribution is -1.90. The molecule has 0 aliphatic heterocycles. The first-order chi connectivity index (χ1) is 16.7. The molecule has 6 aromatic rings. The minimum absolute atomic E-state index is 0.620. The van der Waals surface area contributed by atoms with Crippen molar-refractivity contribution in [1.82, 2.24) is 19.9 Å². The van der Waals surface area contributed by atoms with Crippen molar-refractivity contribution >= 4 is 53.7 Å². The Labute approximate surface area is 214 Å². The average molecular weight is 570 g/mol. The van der Waals surface area contributed by atoms with Crippen LogP contribution in [0.15, 0.2) is 119 Å². The minimum Gasteiger partial charge on any atom is -0.222 e. The highest BCUT2D eigenvalue weighted by molar-refractivity contribution is 9.10. The van der Waals surface area contributed by atoms with Crippen LogP contribution in [0.3, 0.4) is 0 Å². The fourth-order valence-corrected chi connectivity index (χ4v) is 4.47. The molecule has 4 nitrogen and oxygen atoms in total. The number of halogens is 2. The minimum atomic E-state index is 0.620. The Balaban J connectivity index is 0.000000142. The highest BCUT2D eigenvalue weighted by Gasteiger charge is 2.08. The van der Waals surface area contributed by atoms with Crippen LogP contribution < -0.4 is 0 Å². The van der Waals surface area contributed by atoms with Crippen LogP contribution in [-0.4, -0.2) is 19.9 Å². The Morgan fingerprint density at radius 1 is 0.382 bits per heavy atom. The molecule has 0 saturated carbocycles. The van der Waals surface area contributed by atoms with Crippen LogP contribution in [0.2, 0.25) is 0 Å². The summed E-state index contributed by atoms with van der Waals surface area (Å²) in [6, 6.07) is 36.3. The summed E-state index contributed by atoms with van der Waals surface area (Å²) in [5.41, 5.74) is 6.03. The molecule has 0 aliphatic rings. The zero-order valence-corrected chi connectivity index (χ0v) is 21.1. The Morgan fingerprint density at radius 3 is 1.15 bits per heavy atom. The molecular weight excluding hydrogens is 552 g/mol. The largest absolute Gasteiger partial charge is 0.222 e. The van der Waals surface area contributed by atoms with E-state index in [-0.39, 0.29) is 0 Å². The molecule has 4 aromatic carbocycles. The Hall–Kier alpha value is -3.48.